The Balaban J connectivity index is 2.13. The van der Waals surface area contributed by atoms with Gasteiger partial charge in [-0.25, -0.2) is 4.39 Å². The van der Waals surface area contributed by atoms with Crippen LogP contribution < -0.4 is 11.1 Å². The molecular formula is C13H17FN4. The fourth-order valence-electron chi connectivity index (χ4n) is 1.90. The smallest absolute Gasteiger partial charge is 0.148 e. The number of halogens is 1. The fraction of sp³-hybridized carbons (Fsp3) is 0.308. The maximum absolute atomic E-state index is 13.0. The van der Waals surface area contributed by atoms with E-state index in [-0.39, 0.29) is 5.82 Å². The van der Waals surface area contributed by atoms with Crippen LogP contribution in [0.3, 0.4) is 0 Å². The number of nitrogens with two attached hydrogens (primary N) is 1. The lowest BCUT2D eigenvalue weighted by molar-refractivity contribution is 0.626. The lowest BCUT2D eigenvalue weighted by Crippen LogP contribution is -2.06. The van der Waals surface area contributed by atoms with Crippen LogP contribution in [-0.4, -0.2) is 9.78 Å². The lowest BCUT2D eigenvalue weighted by Gasteiger charge is -2.07. The lowest BCUT2D eigenvalue weighted by atomic mass is 10.2. The van der Waals surface area contributed by atoms with Gasteiger partial charge in [-0.15, -0.1) is 0 Å². The van der Waals surface area contributed by atoms with E-state index in [4.69, 9.17) is 5.73 Å². The van der Waals surface area contributed by atoms with Gasteiger partial charge in [0, 0.05) is 13.6 Å². The normalized spacial score (nSPS) is 10.6. The van der Waals surface area contributed by atoms with Crippen LogP contribution >= 0.6 is 0 Å². The van der Waals surface area contributed by atoms with Crippen molar-refractivity contribution in [1.29, 1.82) is 0 Å². The minimum absolute atomic E-state index is 0.235. The standard InChI is InChI=1S/C13H17FN4/c1-3-11-12(15)13(18(2)17-11)16-8-9-5-4-6-10(14)7-9/h4-7,16H,3,8,15H2,1-2H3. The van der Waals surface area contributed by atoms with E-state index in [0.717, 1.165) is 23.5 Å². The molecule has 0 spiro atoms. The molecule has 0 bridgehead atoms. The van der Waals surface area contributed by atoms with E-state index in [9.17, 15) is 4.39 Å². The second kappa shape index (κ2) is 5.08. The van der Waals surface area contributed by atoms with Gasteiger partial charge < -0.3 is 11.1 Å². The number of aryl methyl sites for hydroxylation is 2. The van der Waals surface area contributed by atoms with Crippen LogP contribution in [0.4, 0.5) is 15.9 Å². The van der Waals surface area contributed by atoms with E-state index >= 15 is 0 Å². The third kappa shape index (κ3) is 2.45. The van der Waals surface area contributed by atoms with Gasteiger partial charge >= 0.3 is 0 Å². The second-order valence-corrected chi connectivity index (χ2v) is 4.17. The van der Waals surface area contributed by atoms with Crippen LogP contribution in [0, 0.1) is 5.82 Å². The zero-order chi connectivity index (χ0) is 13.1. The maximum Gasteiger partial charge on any atom is 0.148 e. The molecule has 4 nitrogen and oxygen atoms in total. The summed E-state index contributed by atoms with van der Waals surface area (Å²) >= 11 is 0. The van der Waals surface area contributed by atoms with Crippen LogP contribution in [0.1, 0.15) is 18.2 Å². The Hall–Kier alpha value is -2.04. The summed E-state index contributed by atoms with van der Waals surface area (Å²) in [6.07, 6.45) is 0.793. The number of nitrogens with zero attached hydrogens (tertiary/aromatic N) is 2. The van der Waals surface area contributed by atoms with E-state index in [2.05, 4.69) is 10.4 Å². The Morgan fingerprint density at radius 3 is 2.83 bits per heavy atom. The highest BCUT2D eigenvalue weighted by Gasteiger charge is 2.11. The third-order valence-corrected chi connectivity index (χ3v) is 2.84. The number of hydrogen-bond acceptors (Lipinski definition) is 3. The van der Waals surface area contributed by atoms with Crippen molar-refractivity contribution in [2.45, 2.75) is 19.9 Å². The van der Waals surface area contributed by atoms with Crippen molar-refractivity contribution >= 4 is 11.5 Å². The van der Waals surface area contributed by atoms with Gasteiger partial charge in [0.1, 0.15) is 11.6 Å². The van der Waals surface area contributed by atoms with Gasteiger partial charge in [0.05, 0.1) is 11.4 Å². The zero-order valence-corrected chi connectivity index (χ0v) is 10.6. The third-order valence-electron chi connectivity index (χ3n) is 2.84. The molecule has 0 aliphatic rings. The average molecular weight is 248 g/mol. The highest BCUT2D eigenvalue weighted by molar-refractivity contribution is 5.65. The molecule has 0 aliphatic carbocycles. The van der Waals surface area contributed by atoms with Crippen molar-refractivity contribution in [3.63, 3.8) is 0 Å². The van der Waals surface area contributed by atoms with Crippen LogP contribution in [0.25, 0.3) is 0 Å². The Morgan fingerprint density at radius 1 is 1.44 bits per heavy atom. The van der Waals surface area contributed by atoms with Crippen LogP contribution in [0.5, 0.6) is 0 Å². The molecule has 2 aromatic rings. The molecule has 5 heteroatoms. The number of anilines is 2. The van der Waals surface area contributed by atoms with Crippen LogP contribution in [0.15, 0.2) is 24.3 Å². The molecule has 3 N–H and O–H groups in total. The van der Waals surface area contributed by atoms with Crippen LogP contribution in [0.2, 0.25) is 0 Å². The molecule has 0 amide bonds. The minimum atomic E-state index is -0.235. The molecule has 0 radical (unpaired) electrons. The molecular weight excluding hydrogens is 231 g/mol. The summed E-state index contributed by atoms with van der Waals surface area (Å²) in [6, 6.07) is 6.48. The zero-order valence-electron chi connectivity index (χ0n) is 10.6. The summed E-state index contributed by atoms with van der Waals surface area (Å²) in [5.41, 5.74) is 8.40. The van der Waals surface area contributed by atoms with E-state index in [1.807, 2.05) is 20.0 Å². The molecule has 1 aromatic carbocycles. The summed E-state index contributed by atoms with van der Waals surface area (Å²) in [5.74, 6) is 0.539. The minimum Gasteiger partial charge on any atom is -0.394 e. The molecule has 2 rings (SSSR count). The highest BCUT2D eigenvalue weighted by atomic mass is 19.1. The first-order valence-corrected chi connectivity index (χ1v) is 5.91. The molecule has 0 unspecified atom stereocenters. The highest BCUT2D eigenvalue weighted by Crippen LogP contribution is 2.22. The molecule has 1 aromatic heterocycles. The second-order valence-electron chi connectivity index (χ2n) is 4.17. The van der Waals surface area contributed by atoms with E-state index in [1.54, 1.807) is 10.7 Å². The number of rotatable bonds is 4. The number of hydrogen-bond donors (Lipinski definition) is 2. The first-order valence-electron chi connectivity index (χ1n) is 5.91. The molecule has 0 atom stereocenters. The topological polar surface area (TPSA) is 55.9 Å². The van der Waals surface area contributed by atoms with Crippen molar-refractivity contribution < 1.29 is 4.39 Å². The first-order chi connectivity index (χ1) is 8.61. The quantitative estimate of drug-likeness (QED) is 0.873. The molecule has 0 saturated carbocycles. The fourth-order valence-corrected chi connectivity index (χ4v) is 1.90. The first kappa shape index (κ1) is 12.4. The summed E-state index contributed by atoms with van der Waals surface area (Å²) in [4.78, 5) is 0. The molecule has 96 valence electrons. The number of nitrogen functional groups attached to an aromatic ring is 1. The van der Waals surface area contributed by atoms with Gasteiger partial charge in [-0.05, 0) is 24.1 Å². The molecule has 1 heterocycles. The number of nitrogens with one attached hydrogen (secondary N) is 1. The number of aromatic nitrogens is 2. The Bertz CT molecular complexity index is 548. The predicted octanol–water partition coefficient (Wildman–Crippen LogP) is 2.32. The van der Waals surface area contributed by atoms with Crippen molar-refractivity contribution in [2.75, 3.05) is 11.1 Å². The van der Waals surface area contributed by atoms with E-state index in [1.165, 1.54) is 12.1 Å². The number of benzene rings is 1. The largest absolute Gasteiger partial charge is 0.394 e. The average Bonchev–Trinajstić information content (AvgIpc) is 2.62. The van der Waals surface area contributed by atoms with Gasteiger partial charge in [0.15, 0.2) is 0 Å². The summed E-state index contributed by atoms with van der Waals surface area (Å²) in [7, 11) is 1.84. The van der Waals surface area contributed by atoms with Crippen molar-refractivity contribution in [1.82, 2.24) is 9.78 Å². The van der Waals surface area contributed by atoms with Gasteiger partial charge in [-0.3, -0.25) is 4.68 Å². The summed E-state index contributed by atoms with van der Waals surface area (Å²) in [5, 5.41) is 7.50. The Morgan fingerprint density at radius 2 is 2.22 bits per heavy atom. The van der Waals surface area contributed by atoms with E-state index in [0.29, 0.717) is 12.2 Å². The Kier molecular flexibility index (Phi) is 3.50. The summed E-state index contributed by atoms with van der Waals surface area (Å²) in [6.45, 7) is 2.53. The van der Waals surface area contributed by atoms with Gasteiger partial charge in [-0.1, -0.05) is 19.1 Å². The SMILES string of the molecule is CCc1nn(C)c(NCc2cccc(F)c2)c1N. The Labute approximate surface area is 106 Å². The van der Waals surface area contributed by atoms with Crippen LogP contribution in [-0.2, 0) is 20.0 Å². The predicted molar refractivity (Wildman–Crippen MR) is 70.7 cm³/mol. The summed E-state index contributed by atoms with van der Waals surface area (Å²) < 4.78 is 14.8. The molecule has 0 saturated heterocycles. The van der Waals surface area contributed by atoms with E-state index < -0.39 is 0 Å². The van der Waals surface area contributed by atoms with Gasteiger partial charge in [0.25, 0.3) is 0 Å². The molecule has 18 heavy (non-hydrogen) atoms. The van der Waals surface area contributed by atoms with Gasteiger partial charge in [0.2, 0.25) is 0 Å². The van der Waals surface area contributed by atoms with Crippen molar-refractivity contribution in [2.24, 2.45) is 7.05 Å². The van der Waals surface area contributed by atoms with Gasteiger partial charge in [-0.2, -0.15) is 5.10 Å². The monoisotopic (exact) mass is 248 g/mol. The molecule has 0 aliphatic heterocycles. The molecule has 0 fully saturated rings. The maximum atomic E-state index is 13.0. The van der Waals surface area contributed by atoms with Crippen molar-refractivity contribution in [3.05, 3.63) is 41.3 Å². The van der Waals surface area contributed by atoms with Crippen molar-refractivity contribution in [3.8, 4) is 0 Å².